The Bertz CT molecular complexity index is 190. The van der Waals surface area contributed by atoms with E-state index in [1.165, 1.54) is 0 Å². The van der Waals surface area contributed by atoms with Gasteiger partial charge in [0, 0.05) is 23.9 Å². The first-order valence-electron chi connectivity index (χ1n) is 3.01. The highest BCUT2D eigenvalue weighted by Gasteiger charge is 2.28. The lowest BCUT2D eigenvalue weighted by Crippen LogP contribution is -2.47. The molecule has 0 aromatic rings. The van der Waals surface area contributed by atoms with Crippen molar-refractivity contribution in [3.63, 3.8) is 0 Å². The van der Waals surface area contributed by atoms with Crippen LogP contribution in [0.15, 0.2) is 5.11 Å². The Labute approximate surface area is 58.2 Å². The zero-order valence-corrected chi connectivity index (χ0v) is 5.69. The Hall–Kier alpha value is -1.06. The van der Waals surface area contributed by atoms with E-state index < -0.39 is 0 Å². The zero-order valence-electron chi connectivity index (χ0n) is 5.69. The number of azide groups is 1. The fraction of sp³-hybridized carbons (Fsp3) is 0.800. The monoisotopic (exact) mass is 140 g/mol. The van der Waals surface area contributed by atoms with Gasteiger partial charge in [-0.3, -0.25) is 4.79 Å². The third-order valence-corrected chi connectivity index (χ3v) is 1.56. The summed E-state index contributed by atoms with van der Waals surface area (Å²) in [6.07, 6.45) is 0. The van der Waals surface area contributed by atoms with Gasteiger partial charge in [0.15, 0.2) is 0 Å². The Morgan fingerprint density at radius 2 is 2.40 bits per heavy atom. The van der Waals surface area contributed by atoms with Crippen LogP contribution in [0.5, 0.6) is 0 Å². The van der Waals surface area contributed by atoms with Crippen molar-refractivity contribution in [3.8, 4) is 0 Å². The van der Waals surface area contributed by atoms with Gasteiger partial charge >= 0.3 is 0 Å². The van der Waals surface area contributed by atoms with Crippen molar-refractivity contribution in [2.24, 2.45) is 11.0 Å². The van der Waals surface area contributed by atoms with Crippen molar-refractivity contribution in [1.29, 1.82) is 0 Å². The minimum Gasteiger partial charge on any atom is -0.305 e. The highest BCUT2D eigenvalue weighted by Crippen LogP contribution is 2.13. The number of nitrogens with zero attached hydrogens (tertiary/aromatic N) is 4. The summed E-state index contributed by atoms with van der Waals surface area (Å²) in [5.74, 6) is -0.388. The van der Waals surface area contributed by atoms with Crippen LogP contribution in [0.2, 0.25) is 0 Å². The topological polar surface area (TPSA) is 69.1 Å². The van der Waals surface area contributed by atoms with Crippen LogP contribution in [-0.2, 0) is 4.79 Å². The van der Waals surface area contributed by atoms with Gasteiger partial charge in [0.2, 0.25) is 5.91 Å². The molecule has 5 heteroatoms. The van der Waals surface area contributed by atoms with Gasteiger partial charge in [-0.2, -0.15) is 0 Å². The summed E-state index contributed by atoms with van der Waals surface area (Å²) in [5.41, 5.74) is 7.89. The lowest BCUT2D eigenvalue weighted by atomic mass is 10.0. The number of hydrogen-bond donors (Lipinski definition) is 0. The molecular formula is C5H8N4O. The Morgan fingerprint density at radius 1 is 1.80 bits per heavy atom. The summed E-state index contributed by atoms with van der Waals surface area (Å²) in [6.45, 7) is 1.44. The quantitative estimate of drug-likeness (QED) is 0.300. The molecule has 0 atom stereocenters. The maximum Gasteiger partial charge on any atom is 0.224 e. The number of hydrogen-bond acceptors (Lipinski definition) is 2. The smallest absolute Gasteiger partial charge is 0.224 e. The van der Waals surface area contributed by atoms with E-state index in [-0.39, 0.29) is 11.8 Å². The number of carbonyl (C=O) groups is 1. The van der Waals surface area contributed by atoms with E-state index >= 15 is 0 Å². The first-order valence-corrected chi connectivity index (χ1v) is 3.01. The average Bonchev–Trinajstić information content (AvgIpc) is 1.82. The highest BCUT2D eigenvalue weighted by molar-refractivity contribution is 5.80. The Morgan fingerprint density at radius 3 is 2.80 bits per heavy atom. The molecule has 0 saturated carbocycles. The molecule has 0 spiro atoms. The van der Waals surface area contributed by atoms with Crippen LogP contribution in [0.1, 0.15) is 0 Å². The van der Waals surface area contributed by atoms with Crippen LogP contribution < -0.4 is 0 Å². The molecule has 1 fully saturated rings. The molecule has 1 saturated heterocycles. The molecule has 0 N–H and O–H groups in total. The van der Waals surface area contributed by atoms with E-state index in [0.29, 0.717) is 0 Å². The second-order valence-corrected chi connectivity index (χ2v) is 2.45. The lowest BCUT2D eigenvalue weighted by Gasteiger charge is -2.33. The Balaban J connectivity index is 2.38. The normalized spacial score (nSPS) is 19.3. The summed E-state index contributed by atoms with van der Waals surface area (Å²) in [4.78, 5) is 15.1. The minimum absolute atomic E-state index is 0.0547. The minimum atomic E-state index is -0.333. The number of carbonyl (C=O) groups excluding carboxylic acids is 1. The summed E-state index contributed by atoms with van der Waals surface area (Å²) in [6, 6.07) is 0. The predicted molar refractivity (Wildman–Crippen MR) is 35.1 cm³/mol. The lowest BCUT2D eigenvalue weighted by molar-refractivity contribution is -0.126. The molecule has 54 valence electrons. The van der Waals surface area contributed by atoms with Gasteiger partial charge in [0.05, 0.1) is 0 Å². The summed E-state index contributed by atoms with van der Waals surface area (Å²) < 4.78 is 0. The molecule has 0 radical (unpaired) electrons. The molecule has 0 aromatic heterocycles. The van der Waals surface area contributed by atoms with Crippen molar-refractivity contribution in [3.05, 3.63) is 10.4 Å². The molecule has 0 aliphatic carbocycles. The largest absolute Gasteiger partial charge is 0.305 e. The summed E-state index contributed by atoms with van der Waals surface area (Å²) >= 11 is 0. The predicted octanol–water partition coefficient (Wildman–Crippen LogP) is 0.385. The van der Waals surface area contributed by atoms with E-state index in [9.17, 15) is 4.79 Å². The van der Waals surface area contributed by atoms with Gasteiger partial charge in [-0.25, -0.2) is 0 Å². The van der Waals surface area contributed by atoms with Crippen LogP contribution in [0, 0.1) is 5.92 Å². The molecule has 0 unspecified atom stereocenters. The molecule has 1 rings (SSSR count). The molecular weight excluding hydrogens is 132 g/mol. The van der Waals surface area contributed by atoms with E-state index in [2.05, 4.69) is 10.0 Å². The van der Waals surface area contributed by atoms with Gasteiger partial charge in [-0.15, -0.1) is 0 Å². The van der Waals surface area contributed by atoms with Gasteiger partial charge in [0.1, 0.15) is 0 Å². The maximum atomic E-state index is 10.7. The van der Waals surface area contributed by atoms with Gasteiger partial charge in [-0.05, 0) is 17.7 Å². The number of rotatable bonds is 1. The van der Waals surface area contributed by atoms with E-state index in [1.807, 2.05) is 11.9 Å². The molecule has 10 heavy (non-hydrogen) atoms. The second kappa shape index (κ2) is 2.68. The van der Waals surface area contributed by atoms with Crippen LogP contribution in [0.3, 0.4) is 0 Å². The molecule has 1 aliphatic rings. The number of amides is 1. The highest BCUT2D eigenvalue weighted by atomic mass is 16.2. The first kappa shape index (κ1) is 7.05. The number of likely N-dealkylation sites (tertiary alicyclic amines) is 1. The fourth-order valence-electron chi connectivity index (χ4n) is 0.981. The van der Waals surface area contributed by atoms with Crippen LogP contribution >= 0.6 is 0 Å². The van der Waals surface area contributed by atoms with E-state index in [4.69, 9.17) is 5.53 Å². The molecule has 1 aliphatic heterocycles. The van der Waals surface area contributed by atoms with E-state index in [1.54, 1.807) is 0 Å². The first-order chi connectivity index (χ1) is 4.74. The fourth-order valence-corrected chi connectivity index (χ4v) is 0.981. The molecule has 1 heterocycles. The molecule has 0 aromatic carbocycles. The summed E-state index contributed by atoms with van der Waals surface area (Å²) in [5, 5.41) is 3.00. The van der Waals surface area contributed by atoms with Crippen molar-refractivity contribution < 1.29 is 4.79 Å². The SMILES string of the molecule is CN1CC(C(=O)N=[N+]=[N-])C1. The average molecular weight is 140 g/mol. The summed E-state index contributed by atoms with van der Waals surface area (Å²) in [7, 11) is 1.92. The van der Waals surface area contributed by atoms with Crippen LogP contribution in [0.25, 0.3) is 10.4 Å². The maximum absolute atomic E-state index is 10.7. The third kappa shape index (κ3) is 1.26. The van der Waals surface area contributed by atoms with Crippen LogP contribution in [-0.4, -0.2) is 30.9 Å². The Kier molecular flexibility index (Phi) is 1.89. The van der Waals surface area contributed by atoms with Crippen molar-refractivity contribution in [2.75, 3.05) is 20.1 Å². The molecule has 5 nitrogen and oxygen atoms in total. The van der Waals surface area contributed by atoms with Crippen LogP contribution in [0.4, 0.5) is 0 Å². The van der Waals surface area contributed by atoms with Gasteiger partial charge in [0.25, 0.3) is 0 Å². The van der Waals surface area contributed by atoms with E-state index in [0.717, 1.165) is 13.1 Å². The van der Waals surface area contributed by atoms with Crippen molar-refractivity contribution in [1.82, 2.24) is 4.90 Å². The molecule has 1 amide bonds. The van der Waals surface area contributed by atoms with Crippen molar-refractivity contribution >= 4 is 5.91 Å². The zero-order chi connectivity index (χ0) is 7.56. The standard InChI is InChI=1S/C5H8N4O/c1-9-2-4(3-9)5(10)7-8-6/h4H,2-3H2,1H3. The van der Waals surface area contributed by atoms with Crippen molar-refractivity contribution in [2.45, 2.75) is 0 Å². The van der Waals surface area contributed by atoms with Gasteiger partial charge < -0.3 is 4.90 Å². The third-order valence-electron chi connectivity index (χ3n) is 1.56. The molecule has 0 bridgehead atoms. The van der Waals surface area contributed by atoms with Gasteiger partial charge in [-0.1, -0.05) is 0 Å². The second-order valence-electron chi connectivity index (χ2n) is 2.45.